The zero-order valence-corrected chi connectivity index (χ0v) is 41.8. The molecule has 4 heterocycles. The van der Waals surface area contributed by atoms with Gasteiger partial charge in [-0.1, -0.05) is 218 Å². The summed E-state index contributed by atoms with van der Waals surface area (Å²) in [5, 5.41) is 0. The van der Waals surface area contributed by atoms with Crippen LogP contribution in [-0.2, 0) is 0 Å². The quantitative estimate of drug-likeness (QED) is 0.115. The Morgan fingerprint density at radius 3 is 0.461 bits per heavy atom. The van der Waals surface area contributed by atoms with Gasteiger partial charge in [0, 0.05) is 49.6 Å². The van der Waals surface area contributed by atoms with Crippen LogP contribution in [0.1, 0.15) is 44.5 Å². The molecule has 0 saturated carbocycles. The normalized spacial score (nSPS) is 11.6. The van der Waals surface area contributed by atoms with E-state index in [1.54, 1.807) is 0 Å². The van der Waals surface area contributed by atoms with Gasteiger partial charge in [-0.3, -0.25) is 19.9 Å². The van der Waals surface area contributed by atoms with Gasteiger partial charge >= 0.3 is 0 Å². The van der Waals surface area contributed by atoms with E-state index in [4.69, 9.17) is 0 Å². The molecule has 4 nitrogen and oxygen atoms in total. The van der Waals surface area contributed by atoms with Crippen LogP contribution in [0.25, 0.3) is 66.8 Å². The van der Waals surface area contributed by atoms with Crippen LogP contribution < -0.4 is 0 Å². The van der Waals surface area contributed by atoms with Crippen LogP contribution in [0.2, 0.25) is 0 Å². The van der Waals surface area contributed by atoms with Crippen molar-refractivity contribution in [2.45, 2.75) is 0 Å². The largest absolute Gasteiger partial charge is 0.265 e. The van der Waals surface area contributed by atoms with Crippen molar-refractivity contribution in [3.05, 3.63) is 361 Å². The number of hydrogen-bond acceptors (Lipinski definition) is 4. The highest BCUT2D eigenvalue weighted by molar-refractivity contribution is 6.06. The Morgan fingerprint density at radius 2 is 0.289 bits per heavy atom. The van der Waals surface area contributed by atoms with Crippen LogP contribution in [0.15, 0.2) is 316 Å². The van der Waals surface area contributed by atoms with Gasteiger partial charge in [-0.25, -0.2) is 0 Å². The van der Waals surface area contributed by atoms with Gasteiger partial charge in [-0.2, -0.15) is 0 Å². The van der Waals surface area contributed by atoms with Gasteiger partial charge in [-0.05, 0) is 160 Å². The Balaban J connectivity index is 0.000000162. The molecule has 0 aliphatic heterocycles. The lowest BCUT2D eigenvalue weighted by molar-refractivity contribution is 1.33. The summed E-state index contributed by atoms with van der Waals surface area (Å²) in [6.07, 6.45) is 14.7. The smallest absolute Gasteiger partial charge is 0.0273 e. The van der Waals surface area contributed by atoms with Crippen LogP contribution in [0.3, 0.4) is 0 Å². The molecule has 12 rings (SSSR count). The van der Waals surface area contributed by atoms with Crippen molar-refractivity contribution >= 4 is 22.3 Å². The Labute approximate surface area is 445 Å². The maximum atomic E-state index is 4.16. The van der Waals surface area contributed by atoms with E-state index in [9.17, 15) is 0 Å². The molecule has 0 unspecified atom stereocenters. The molecule has 0 fully saturated rings. The zero-order valence-electron chi connectivity index (χ0n) is 41.8. The molecule has 360 valence electrons. The third kappa shape index (κ3) is 11.2. The number of nitrogens with zero attached hydrogens (tertiary/aromatic N) is 4. The Kier molecular flexibility index (Phi) is 14.9. The molecule has 4 aromatic heterocycles. The predicted octanol–water partition coefficient (Wildman–Crippen LogP) is 17.6. The van der Waals surface area contributed by atoms with E-state index >= 15 is 0 Å². The van der Waals surface area contributed by atoms with E-state index in [1.165, 1.54) is 89.1 Å². The van der Waals surface area contributed by atoms with Crippen molar-refractivity contribution in [2.24, 2.45) is 0 Å². The first-order chi connectivity index (χ1) is 37.7. The van der Waals surface area contributed by atoms with Crippen LogP contribution >= 0.6 is 0 Å². The second kappa shape index (κ2) is 23.6. The standard InChI is InChI=1S/2C36H26N2/c2*1-3-7-31(8-4-1)35(33-15-11-27(12-16-33)29-19-23-37-24-20-29)36(32-9-5-2-6-10-32)34-17-13-28(14-18-34)30-21-25-38-26-22-30/h2*1-26H/b2*36-35+. The summed E-state index contributed by atoms with van der Waals surface area (Å²) in [4.78, 5) is 16.6. The number of rotatable bonds is 12. The van der Waals surface area contributed by atoms with Crippen molar-refractivity contribution in [3.63, 3.8) is 0 Å². The third-order valence-corrected chi connectivity index (χ3v) is 13.5. The fraction of sp³-hybridized carbons (Fsp3) is 0. The summed E-state index contributed by atoms with van der Waals surface area (Å²) in [5.41, 5.74) is 23.6. The van der Waals surface area contributed by atoms with Crippen molar-refractivity contribution in [1.82, 2.24) is 19.9 Å². The minimum Gasteiger partial charge on any atom is -0.265 e. The first-order valence-electron chi connectivity index (χ1n) is 25.5. The molecular weight excluding hydrogens is 921 g/mol. The molecule has 0 aliphatic carbocycles. The van der Waals surface area contributed by atoms with E-state index in [0.29, 0.717) is 0 Å². The third-order valence-electron chi connectivity index (χ3n) is 13.5. The number of hydrogen-bond donors (Lipinski definition) is 0. The van der Waals surface area contributed by atoms with E-state index < -0.39 is 0 Å². The average molecular weight is 973 g/mol. The minimum atomic E-state index is 1.16. The number of aromatic nitrogens is 4. The van der Waals surface area contributed by atoms with E-state index in [0.717, 1.165) is 22.3 Å². The van der Waals surface area contributed by atoms with Crippen molar-refractivity contribution in [2.75, 3.05) is 0 Å². The van der Waals surface area contributed by atoms with Crippen LogP contribution in [0.4, 0.5) is 0 Å². The van der Waals surface area contributed by atoms with Crippen LogP contribution in [0.5, 0.6) is 0 Å². The average Bonchev–Trinajstić information content (AvgIpc) is 3.53. The second-order valence-electron chi connectivity index (χ2n) is 18.2. The summed E-state index contributed by atoms with van der Waals surface area (Å²) in [6, 6.07) is 94.5. The van der Waals surface area contributed by atoms with Gasteiger partial charge in [-0.15, -0.1) is 0 Å². The predicted molar refractivity (Wildman–Crippen MR) is 314 cm³/mol. The number of benzene rings is 8. The monoisotopic (exact) mass is 972 g/mol. The lowest BCUT2D eigenvalue weighted by Crippen LogP contribution is -1.97. The minimum absolute atomic E-state index is 1.16. The lowest BCUT2D eigenvalue weighted by Gasteiger charge is -2.19. The van der Waals surface area contributed by atoms with E-state index in [1.807, 2.05) is 98.1 Å². The van der Waals surface area contributed by atoms with Crippen molar-refractivity contribution in [1.29, 1.82) is 0 Å². The molecule has 8 aromatic carbocycles. The van der Waals surface area contributed by atoms with Crippen molar-refractivity contribution in [3.8, 4) is 44.5 Å². The van der Waals surface area contributed by atoms with Crippen LogP contribution in [-0.4, -0.2) is 19.9 Å². The lowest BCUT2D eigenvalue weighted by atomic mass is 9.85. The second-order valence-corrected chi connectivity index (χ2v) is 18.2. The molecule has 0 spiro atoms. The van der Waals surface area contributed by atoms with Gasteiger partial charge in [0.25, 0.3) is 0 Å². The van der Waals surface area contributed by atoms with Gasteiger partial charge in [0.15, 0.2) is 0 Å². The molecule has 0 saturated heterocycles. The van der Waals surface area contributed by atoms with Crippen LogP contribution in [0, 0.1) is 0 Å². The molecule has 0 radical (unpaired) electrons. The highest BCUT2D eigenvalue weighted by atomic mass is 14.6. The Hall–Kier alpha value is -10.2. The molecule has 0 bridgehead atoms. The molecular formula is C72H52N4. The number of pyridine rings is 4. The summed E-state index contributed by atoms with van der Waals surface area (Å²) >= 11 is 0. The van der Waals surface area contributed by atoms with Gasteiger partial charge in [0.2, 0.25) is 0 Å². The van der Waals surface area contributed by atoms with Crippen molar-refractivity contribution < 1.29 is 0 Å². The van der Waals surface area contributed by atoms with E-state index in [2.05, 4.69) is 238 Å². The molecule has 0 aliphatic rings. The zero-order chi connectivity index (χ0) is 51.1. The fourth-order valence-electron chi connectivity index (χ4n) is 9.74. The summed E-state index contributed by atoms with van der Waals surface area (Å²) in [5.74, 6) is 0. The maximum Gasteiger partial charge on any atom is 0.0273 e. The molecule has 0 atom stereocenters. The molecule has 12 aromatic rings. The molecule has 0 amide bonds. The van der Waals surface area contributed by atoms with Gasteiger partial charge < -0.3 is 0 Å². The topological polar surface area (TPSA) is 51.6 Å². The summed E-state index contributed by atoms with van der Waals surface area (Å²) in [6.45, 7) is 0. The van der Waals surface area contributed by atoms with E-state index in [-0.39, 0.29) is 0 Å². The molecule has 4 heteroatoms. The highest BCUT2D eigenvalue weighted by Crippen LogP contribution is 2.40. The SMILES string of the molecule is c1ccc(/C(=C(/c2ccccc2)c2ccc(-c3ccncc3)cc2)c2ccc(-c3ccncc3)cc2)cc1.c1ccc(/C(=C(/c2ccccc2)c2ccc(-c3ccncc3)cc2)c2ccc(-c3ccncc3)cc2)cc1. The van der Waals surface area contributed by atoms with Gasteiger partial charge in [0.05, 0.1) is 0 Å². The summed E-state index contributed by atoms with van der Waals surface area (Å²) in [7, 11) is 0. The Morgan fingerprint density at radius 1 is 0.145 bits per heavy atom. The maximum absolute atomic E-state index is 4.16. The summed E-state index contributed by atoms with van der Waals surface area (Å²) < 4.78 is 0. The fourth-order valence-corrected chi connectivity index (χ4v) is 9.74. The molecule has 76 heavy (non-hydrogen) atoms. The van der Waals surface area contributed by atoms with Gasteiger partial charge in [0.1, 0.15) is 0 Å². The highest BCUT2D eigenvalue weighted by Gasteiger charge is 2.19. The Bertz CT molecular complexity index is 3280. The first kappa shape index (κ1) is 48.1. The molecule has 0 N–H and O–H groups in total. The first-order valence-corrected chi connectivity index (χ1v) is 25.5.